The Morgan fingerprint density at radius 2 is 2.31 bits per heavy atom. The molecule has 0 atom stereocenters. The third-order valence-corrected chi connectivity index (χ3v) is 1.89. The van der Waals surface area contributed by atoms with Crippen molar-refractivity contribution in [2.75, 3.05) is 11.9 Å². The van der Waals surface area contributed by atoms with Crippen LogP contribution in [0.15, 0.2) is 30.4 Å². The molecule has 16 heavy (non-hydrogen) atoms. The van der Waals surface area contributed by atoms with Crippen LogP contribution in [0.2, 0.25) is 0 Å². The molecule has 0 radical (unpaired) electrons. The second-order valence-electron chi connectivity index (χ2n) is 3.07. The van der Waals surface area contributed by atoms with Crippen LogP contribution in [-0.2, 0) is 4.79 Å². The molecular weight excluding hydrogens is 211 g/mol. The van der Waals surface area contributed by atoms with E-state index in [9.17, 15) is 9.18 Å². The number of carboxylic acid groups (broad SMARTS) is 1. The van der Waals surface area contributed by atoms with Crippen LogP contribution in [-0.4, -0.2) is 17.6 Å². The Labute approximate surface area is 91.6 Å². The van der Waals surface area contributed by atoms with E-state index in [4.69, 9.17) is 10.4 Å². The molecule has 0 saturated heterocycles. The largest absolute Gasteiger partial charge is 0.478 e. The average molecular weight is 220 g/mol. The highest BCUT2D eigenvalue weighted by atomic mass is 19.1. The highest BCUT2D eigenvalue weighted by Gasteiger charge is 2.06. The van der Waals surface area contributed by atoms with Gasteiger partial charge in [0.25, 0.3) is 0 Å². The number of rotatable bonds is 4. The van der Waals surface area contributed by atoms with Crippen molar-refractivity contribution in [3.63, 3.8) is 0 Å². The molecule has 0 fully saturated rings. The van der Waals surface area contributed by atoms with Gasteiger partial charge in [0.15, 0.2) is 0 Å². The van der Waals surface area contributed by atoms with E-state index in [2.05, 4.69) is 11.9 Å². The van der Waals surface area contributed by atoms with Crippen molar-refractivity contribution < 1.29 is 14.3 Å². The highest BCUT2D eigenvalue weighted by Crippen LogP contribution is 2.15. The molecule has 0 bridgehead atoms. The van der Waals surface area contributed by atoms with Crippen LogP contribution in [0.3, 0.4) is 0 Å². The molecule has 82 valence electrons. The number of anilines is 1. The summed E-state index contributed by atoms with van der Waals surface area (Å²) in [4.78, 5) is 10.4. The lowest BCUT2D eigenvalue weighted by Gasteiger charge is -2.07. The number of hydrogen-bond donors (Lipinski definition) is 2. The number of halogens is 1. The first-order valence-electron chi connectivity index (χ1n) is 4.39. The number of nitriles is 1. The Balaban J connectivity index is 2.73. The van der Waals surface area contributed by atoms with Gasteiger partial charge < -0.3 is 10.4 Å². The molecule has 1 rings (SSSR count). The summed E-state index contributed by atoms with van der Waals surface area (Å²) in [5.74, 6) is -1.74. The summed E-state index contributed by atoms with van der Waals surface area (Å²) in [6, 6.07) is 5.69. The molecular formula is C11H9FN2O2. The smallest absolute Gasteiger partial charge is 0.332 e. The predicted octanol–water partition coefficient (Wildman–Crippen LogP) is 1.75. The molecule has 0 unspecified atom stereocenters. The topological polar surface area (TPSA) is 73.1 Å². The predicted molar refractivity (Wildman–Crippen MR) is 56.4 cm³/mol. The van der Waals surface area contributed by atoms with Gasteiger partial charge in [-0.15, -0.1) is 0 Å². The zero-order valence-electron chi connectivity index (χ0n) is 8.33. The van der Waals surface area contributed by atoms with E-state index < -0.39 is 11.8 Å². The highest BCUT2D eigenvalue weighted by molar-refractivity contribution is 5.86. The summed E-state index contributed by atoms with van der Waals surface area (Å²) in [6.45, 7) is 3.24. The zero-order chi connectivity index (χ0) is 12.1. The summed E-state index contributed by atoms with van der Waals surface area (Å²) in [6.07, 6.45) is 0. The van der Waals surface area contributed by atoms with Crippen molar-refractivity contribution in [2.24, 2.45) is 0 Å². The maximum atomic E-state index is 13.3. The molecule has 0 amide bonds. The Hall–Kier alpha value is -2.35. The normalized spacial score (nSPS) is 9.25. The van der Waals surface area contributed by atoms with Gasteiger partial charge in [-0.2, -0.15) is 5.26 Å². The second-order valence-corrected chi connectivity index (χ2v) is 3.07. The average Bonchev–Trinajstić information content (AvgIpc) is 2.26. The number of benzene rings is 1. The molecule has 4 nitrogen and oxygen atoms in total. The maximum absolute atomic E-state index is 13.3. The van der Waals surface area contributed by atoms with E-state index in [-0.39, 0.29) is 23.4 Å². The van der Waals surface area contributed by atoms with E-state index >= 15 is 0 Å². The van der Waals surface area contributed by atoms with Gasteiger partial charge in [0.1, 0.15) is 5.82 Å². The summed E-state index contributed by atoms with van der Waals surface area (Å²) in [5.41, 5.74) is 0.283. The van der Waals surface area contributed by atoms with Crippen molar-refractivity contribution in [3.8, 4) is 6.07 Å². The fraction of sp³-hybridized carbons (Fsp3) is 0.0909. The van der Waals surface area contributed by atoms with Gasteiger partial charge in [-0.3, -0.25) is 0 Å². The molecule has 0 aliphatic heterocycles. The van der Waals surface area contributed by atoms with Gasteiger partial charge in [-0.25, -0.2) is 9.18 Å². The lowest BCUT2D eigenvalue weighted by Crippen LogP contribution is -2.12. The quantitative estimate of drug-likeness (QED) is 0.758. The van der Waals surface area contributed by atoms with E-state index in [1.807, 2.05) is 0 Å². The molecule has 0 spiro atoms. The number of carboxylic acids is 1. The first kappa shape index (κ1) is 11.7. The van der Waals surface area contributed by atoms with Crippen LogP contribution in [0, 0.1) is 17.1 Å². The Bertz CT molecular complexity index is 477. The summed E-state index contributed by atoms with van der Waals surface area (Å²) in [5, 5.41) is 19.6. The van der Waals surface area contributed by atoms with Crippen molar-refractivity contribution in [3.05, 3.63) is 41.7 Å². The molecule has 1 aromatic carbocycles. The number of nitrogens with one attached hydrogen (secondary N) is 1. The van der Waals surface area contributed by atoms with Gasteiger partial charge in [-0.1, -0.05) is 6.58 Å². The zero-order valence-corrected chi connectivity index (χ0v) is 8.33. The first-order chi connectivity index (χ1) is 7.54. The minimum atomic E-state index is -1.14. The summed E-state index contributed by atoms with van der Waals surface area (Å²) in [7, 11) is 0. The van der Waals surface area contributed by atoms with Crippen molar-refractivity contribution >= 4 is 11.7 Å². The minimum absolute atomic E-state index is 0.0574. The van der Waals surface area contributed by atoms with E-state index in [0.29, 0.717) is 0 Å². The van der Waals surface area contributed by atoms with Crippen molar-refractivity contribution in [1.82, 2.24) is 0 Å². The minimum Gasteiger partial charge on any atom is -0.478 e. The van der Waals surface area contributed by atoms with E-state index in [1.165, 1.54) is 12.1 Å². The molecule has 0 aliphatic carbocycles. The van der Waals surface area contributed by atoms with Crippen LogP contribution in [0.5, 0.6) is 0 Å². The summed E-state index contributed by atoms with van der Waals surface area (Å²) < 4.78 is 13.3. The number of aliphatic carboxylic acids is 1. The van der Waals surface area contributed by atoms with Gasteiger partial charge >= 0.3 is 5.97 Å². The van der Waals surface area contributed by atoms with Gasteiger partial charge in [0.2, 0.25) is 0 Å². The van der Waals surface area contributed by atoms with Gasteiger partial charge in [0.05, 0.1) is 17.3 Å². The SMILES string of the molecule is C=C(CNc1ccc(C#N)cc1F)C(=O)O. The first-order valence-corrected chi connectivity index (χ1v) is 4.39. The molecule has 2 N–H and O–H groups in total. The standard InChI is InChI=1S/C11H9FN2O2/c1-7(11(15)16)6-14-10-3-2-8(5-13)4-9(10)12/h2-4,14H,1,6H2,(H,15,16). The third kappa shape index (κ3) is 2.82. The molecule has 0 aromatic heterocycles. The third-order valence-electron chi connectivity index (χ3n) is 1.89. The number of carbonyl (C=O) groups is 1. The summed E-state index contributed by atoms with van der Waals surface area (Å²) >= 11 is 0. The number of hydrogen-bond acceptors (Lipinski definition) is 3. The fourth-order valence-corrected chi connectivity index (χ4v) is 1.01. The Morgan fingerprint density at radius 3 is 2.81 bits per heavy atom. The van der Waals surface area contributed by atoms with Crippen LogP contribution in [0.4, 0.5) is 10.1 Å². The molecule has 0 saturated carbocycles. The van der Waals surface area contributed by atoms with Crippen LogP contribution < -0.4 is 5.32 Å². The van der Waals surface area contributed by atoms with Crippen molar-refractivity contribution in [1.29, 1.82) is 5.26 Å². The Morgan fingerprint density at radius 1 is 1.62 bits per heavy atom. The lowest BCUT2D eigenvalue weighted by molar-refractivity contribution is -0.132. The van der Waals surface area contributed by atoms with Gasteiger partial charge in [-0.05, 0) is 18.2 Å². The van der Waals surface area contributed by atoms with Crippen LogP contribution in [0.1, 0.15) is 5.56 Å². The molecule has 0 aliphatic rings. The van der Waals surface area contributed by atoms with E-state index in [1.54, 1.807) is 6.07 Å². The van der Waals surface area contributed by atoms with E-state index in [0.717, 1.165) is 6.07 Å². The molecule has 0 heterocycles. The van der Waals surface area contributed by atoms with Gasteiger partial charge in [0, 0.05) is 12.1 Å². The number of nitrogens with zero attached hydrogens (tertiary/aromatic N) is 1. The van der Waals surface area contributed by atoms with Crippen LogP contribution >= 0.6 is 0 Å². The molecule has 1 aromatic rings. The maximum Gasteiger partial charge on any atom is 0.332 e. The second kappa shape index (κ2) is 4.94. The molecule has 5 heteroatoms. The van der Waals surface area contributed by atoms with Crippen molar-refractivity contribution in [2.45, 2.75) is 0 Å². The Kier molecular flexibility index (Phi) is 3.62. The lowest BCUT2D eigenvalue weighted by atomic mass is 10.2. The van der Waals surface area contributed by atoms with Crippen LogP contribution in [0.25, 0.3) is 0 Å². The fourth-order valence-electron chi connectivity index (χ4n) is 1.01. The monoisotopic (exact) mass is 220 g/mol.